The van der Waals surface area contributed by atoms with Crippen molar-refractivity contribution >= 4 is 23.5 Å². The molecule has 3 saturated heterocycles. The van der Waals surface area contributed by atoms with Gasteiger partial charge in [0.25, 0.3) is 5.91 Å². The van der Waals surface area contributed by atoms with Gasteiger partial charge in [-0.05, 0) is 56.7 Å². The number of ether oxygens (including phenoxy) is 2. The summed E-state index contributed by atoms with van der Waals surface area (Å²) < 4.78 is 11.9. The molecule has 36 heavy (non-hydrogen) atoms. The first kappa shape index (κ1) is 26.1. The van der Waals surface area contributed by atoms with E-state index in [9.17, 15) is 19.5 Å². The summed E-state index contributed by atoms with van der Waals surface area (Å²) in [7, 11) is 0. The Hall–Kier alpha value is -2.97. The summed E-state index contributed by atoms with van der Waals surface area (Å²) in [5, 5.41) is 9.51. The number of fused-ring (bicyclic) bond motifs is 1. The molecular formula is C28H36N2O6. The Balaban J connectivity index is 1.74. The number of hydrogen-bond acceptors (Lipinski definition) is 6. The maximum Gasteiger partial charge on any atom is 0.312 e. The van der Waals surface area contributed by atoms with E-state index >= 15 is 0 Å². The van der Waals surface area contributed by atoms with Crippen molar-refractivity contribution in [2.75, 3.05) is 31.2 Å². The summed E-state index contributed by atoms with van der Waals surface area (Å²) in [5.74, 6) is -2.55. The van der Waals surface area contributed by atoms with Gasteiger partial charge in [-0.3, -0.25) is 14.4 Å². The van der Waals surface area contributed by atoms with Gasteiger partial charge in [-0.25, -0.2) is 0 Å². The van der Waals surface area contributed by atoms with Crippen LogP contribution in [0.2, 0.25) is 0 Å². The molecule has 2 unspecified atom stereocenters. The highest BCUT2D eigenvalue weighted by molar-refractivity contribution is 6.05. The van der Waals surface area contributed by atoms with Gasteiger partial charge in [-0.2, -0.15) is 0 Å². The van der Waals surface area contributed by atoms with Gasteiger partial charge in [-0.15, -0.1) is 13.2 Å². The first-order valence-electron chi connectivity index (χ1n) is 12.7. The molecule has 1 spiro atoms. The second-order valence-corrected chi connectivity index (χ2v) is 9.94. The Morgan fingerprint density at radius 1 is 1.31 bits per heavy atom. The van der Waals surface area contributed by atoms with E-state index in [2.05, 4.69) is 13.2 Å². The summed E-state index contributed by atoms with van der Waals surface area (Å²) in [5.41, 5.74) is 1.58. The lowest BCUT2D eigenvalue weighted by molar-refractivity contribution is -0.155. The molecule has 3 aliphatic heterocycles. The largest absolute Gasteiger partial charge is 0.465 e. The number of likely N-dealkylation sites (tertiary alicyclic amines) is 1. The van der Waals surface area contributed by atoms with Gasteiger partial charge in [0.05, 0.1) is 24.5 Å². The predicted molar refractivity (Wildman–Crippen MR) is 135 cm³/mol. The molecule has 8 heteroatoms. The van der Waals surface area contributed by atoms with Crippen molar-refractivity contribution in [1.29, 1.82) is 0 Å². The Morgan fingerprint density at radius 2 is 2.08 bits per heavy atom. The van der Waals surface area contributed by atoms with Gasteiger partial charge in [0.15, 0.2) is 0 Å². The fourth-order valence-corrected chi connectivity index (χ4v) is 6.11. The van der Waals surface area contributed by atoms with E-state index in [0.717, 1.165) is 16.8 Å². The lowest BCUT2D eigenvalue weighted by Gasteiger charge is -2.37. The van der Waals surface area contributed by atoms with Gasteiger partial charge in [0, 0.05) is 25.4 Å². The maximum absolute atomic E-state index is 14.3. The molecule has 3 aliphatic rings. The van der Waals surface area contributed by atoms with E-state index in [-0.39, 0.29) is 38.1 Å². The molecule has 1 aromatic rings. The molecule has 5 atom stereocenters. The molecule has 2 amide bonds. The van der Waals surface area contributed by atoms with E-state index in [0.29, 0.717) is 25.7 Å². The molecule has 0 aliphatic carbocycles. The Morgan fingerprint density at radius 3 is 2.78 bits per heavy atom. The summed E-state index contributed by atoms with van der Waals surface area (Å²) in [4.78, 5) is 44.4. The summed E-state index contributed by atoms with van der Waals surface area (Å²) in [6.07, 6.45) is 4.79. The fraction of sp³-hybridized carbons (Fsp3) is 0.536. The van der Waals surface area contributed by atoms with Crippen LogP contribution in [-0.2, 0) is 23.9 Å². The van der Waals surface area contributed by atoms with Gasteiger partial charge in [0.1, 0.15) is 11.6 Å². The molecule has 194 valence electrons. The third-order valence-electron chi connectivity index (χ3n) is 7.66. The van der Waals surface area contributed by atoms with Gasteiger partial charge in [0.2, 0.25) is 5.91 Å². The number of hydrogen-bond donors (Lipinski definition) is 1. The van der Waals surface area contributed by atoms with Gasteiger partial charge >= 0.3 is 5.97 Å². The number of carbonyl (C=O) groups is 3. The minimum Gasteiger partial charge on any atom is -0.465 e. The van der Waals surface area contributed by atoms with E-state index in [4.69, 9.17) is 9.47 Å². The van der Waals surface area contributed by atoms with Crippen LogP contribution < -0.4 is 4.90 Å². The van der Waals surface area contributed by atoms with Crippen molar-refractivity contribution in [3.63, 3.8) is 0 Å². The number of anilines is 1. The molecule has 4 rings (SSSR count). The van der Waals surface area contributed by atoms with Crippen LogP contribution >= 0.6 is 0 Å². The second-order valence-electron chi connectivity index (χ2n) is 9.94. The lowest BCUT2D eigenvalue weighted by atomic mass is 9.70. The van der Waals surface area contributed by atoms with Gasteiger partial charge in [-0.1, -0.05) is 24.3 Å². The van der Waals surface area contributed by atoms with Crippen molar-refractivity contribution in [2.24, 2.45) is 11.8 Å². The zero-order chi connectivity index (χ0) is 26.0. The second kappa shape index (κ2) is 10.6. The average Bonchev–Trinajstić information content (AvgIpc) is 3.50. The maximum atomic E-state index is 14.3. The highest BCUT2D eigenvalue weighted by atomic mass is 16.6. The van der Waals surface area contributed by atoms with Crippen LogP contribution in [0, 0.1) is 25.7 Å². The lowest BCUT2D eigenvalue weighted by Crippen LogP contribution is -2.56. The fourth-order valence-electron chi connectivity index (χ4n) is 6.11. The van der Waals surface area contributed by atoms with Crippen LogP contribution in [-0.4, -0.2) is 71.8 Å². The van der Waals surface area contributed by atoms with Gasteiger partial charge < -0.3 is 24.4 Å². The molecule has 3 heterocycles. The molecule has 8 nitrogen and oxygen atoms in total. The number of esters is 1. The molecule has 0 aromatic heterocycles. The van der Waals surface area contributed by atoms with Crippen LogP contribution in [0.25, 0.3) is 0 Å². The number of nitrogens with zero attached hydrogens (tertiary/aromatic N) is 2. The normalized spacial score (nSPS) is 28.2. The Kier molecular flexibility index (Phi) is 7.66. The smallest absolute Gasteiger partial charge is 0.312 e. The van der Waals surface area contributed by atoms with E-state index < -0.39 is 35.6 Å². The zero-order valence-electron chi connectivity index (χ0n) is 21.2. The van der Waals surface area contributed by atoms with E-state index in [1.165, 1.54) is 4.90 Å². The Bertz CT molecular complexity index is 1050. The number of aliphatic hydroxyl groups is 1. The summed E-state index contributed by atoms with van der Waals surface area (Å²) in [6, 6.07) is 5.00. The monoisotopic (exact) mass is 496 g/mol. The van der Waals surface area contributed by atoms with E-state index in [1.54, 1.807) is 17.1 Å². The molecular weight excluding hydrogens is 460 g/mol. The Labute approximate surface area is 212 Å². The van der Waals surface area contributed by atoms with Crippen molar-refractivity contribution < 1.29 is 29.0 Å². The zero-order valence-corrected chi connectivity index (χ0v) is 21.2. The SMILES string of the molecule is C=CCCOC(=O)[C@@H]1[C@H]2C(=O)N(CCCO)C(C(=O)N(CC=C)c3cc(C)ccc3C)C23CC[C@H]1O3. The highest BCUT2D eigenvalue weighted by Gasteiger charge is 2.75. The molecule has 0 radical (unpaired) electrons. The average molecular weight is 497 g/mol. The van der Waals surface area contributed by atoms with Crippen molar-refractivity contribution in [3.05, 3.63) is 54.6 Å². The minimum absolute atomic E-state index is 0.119. The predicted octanol–water partition coefficient (Wildman–Crippen LogP) is 2.70. The molecule has 1 N–H and O–H groups in total. The number of aliphatic hydroxyl groups excluding tert-OH is 1. The van der Waals surface area contributed by atoms with Crippen LogP contribution in [0.15, 0.2) is 43.5 Å². The van der Waals surface area contributed by atoms with E-state index in [1.807, 2.05) is 32.0 Å². The minimum atomic E-state index is -1.10. The first-order valence-corrected chi connectivity index (χ1v) is 12.7. The topological polar surface area (TPSA) is 96.4 Å². The molecule has 3 fully saturated rings. The van der Waals surface area contributed by atoms with Crippen LogP contribution in [0.4, 0.5) is 5.69 Å². The molecule has 2 bridgehead atoms. The first-order chi connectivity index (χ1) is 17.3. The third kappa shape index (κ3) is 4.26. The standard InChI is InChI=1S/C28H36N2O6/c1-5-7-16-35-27(34)22-21-11-12-28(36-21)23(22)25(32)30(14-8-15-31)24(28)26(33)29(13-6-2)20-17-18(3)9-10-19(20)4/h5-6,9-10,17,21-24,31H,1-2,7-8,11-16H2,3-4H3/t21-,22+,23+,24?,28?/m1/s1. The summed E-state index contributed by atoms with van der Waals surface area (Å²) in [6.45, 7) is 11.9. The van der Waals surface area contributed by atoms with Crippen LogP contribution in [0.3, 0.4) is 0 Å². The molecule has 0 saturated carbocycles. The van der Waals surface area contributed by atoms with Crippen molar-refractivity contribution in [2.45, 2.75) is 57.3 Å². The number of amides is 2. The van der Waals surface area contributed by atoms with Crippen LogP contribution in [0.1, 0.15) is 36.8 Å². The van der Waals surface area contributed by atoms with Crippen molar-refractivity contribution in [3.8, 4) is 0 Å². The highest BCUT2D eigenvalue weighted by Crippen LogP contribution is 2.59. The number of rotatable bonds is 11. The third-order valence-corrected chi connectivity index (χ3v) is 7.66. The van der Waals surface area contributed by atoms with Crippen LogP contribution in [0.5, 0.6) is 0 Å². The van der Waals surface area contributed by atoms with Crippen molar-refractivity contribution in [1.82, 2.24) is 4.90 Å². The molecule has 1 aromatic carbocycles. The quantitative estimate of drug-likeness (QED) is 0.288. The number of aryl methyl sites for hydroxylation is 2. The number of benzene rings is 1. The number of carbonyl (C=O) groups excluding carboxylic acids is 3. The summed E-state index contributed by atoms with van der Waals surface area (Å²) >= 11 is 0.